The number of rotatable bonds is 4. The molecule has 0 saturated heterocycles. The summed E-state index contributed by atoms with van der Waals surface area (Å²) in [4.78, 5) is 16.6. The molecule has 1 heterocycles. The van der Waals surface area contributed by atoms with Gasteiger partial charge in [-0.3, -0.25) is 4.79 Å². The predicted molar refractivity (Wildman–Crippen MR) is 85.3 cm³/mol. The van der Waals surface area contributed by atoms with Crippen molar-refractivity contribution in [2.45, 2.75) is 32.2 Å². The zero-order chi connectivity index (χ0) is 14.9. The Morgan fingerprint density at radius 2 is 2.27 bits per heavy atom. The topological polar surface area (TPSA) is 46.9 Å². The van der Waals surface area contributed by atoms with E-state index in [-0.39, 0.29) is 11.8 Å². The Kier molecular flexibility index (Phi) is 3.45. The molecule has 2 aliphatic rings. The molecule has 1 amide bonds. The molecular weight excluding hydrogens is 274 g/mol. The number of carbonyl (C=O) groups is 1. The average molecular weight is 295 g/mol. The molecule has 4 rings (SSSR count). The number of fused-ring (bicyclic) bond motifs is 2. The van der Waals surface area contributed by atoms with E-state index >= 15 is 0 Å². The molecule has 3 atom stereocenters. The van der Waals surface area contributed by atoms with Crippen LogP contribution in [0.25, 0.3) is 0 Å². The summed E-state index contributed by atoms with van der Waals surface area (Å²) in [6, 6.07) is 8.11. The molecule has 2 fully saturated rings. The minimum absolute atomic E-state index is 0.215. The molecule has 0 spiro atoms. The zero-order valence-electron chi connectivity index (χ0n) is 12.6. The Morgan fingerprint density at radius 3 is 3.00 bits per heavy atom. The Bertz CT molecular complexity index is 665. The molecule has 0 unspecified atom stereocenters. The normalized spacial score (nSPS) is 26.3. The van der Waals surface area contributed by atoms with Crippen molar-refractivity contribution in [1.29, 1.82) is 0 Å². The molecule has 2 bridgehead atoms. The molecule has 114 valence electrons. The van der Waals surface area contributed by atoms with E-state index in [2.05, 4.69) is 22.4 Å². The third kappa shape index (κ3) is 2.65. The summed E-state index contributed by atoms with van der Waals surface area (Å²) in [5.41, 5.74) is 2.08. The number of hydrogen-bond donors (Lipinski definition) is 1. The monoisotopic (exact) mass is 295 g/mol. The molecule has 4 nitrogen and oxygen atoms in total. The smallest absolute Gasteiger partial charge is 0.227 e. The minimum Gasteiger partial charge on any atom is -0.333 e. The van der Waals surface area contributed by atoms with Gasteiger partial charge in [-0.15, -0.1) is 0 Å². The van der Waals surface area contributed by atoms with Crippen molar-refractivity contribution in [2.24, 2.45) is 17.8 Å². The van der Waals surface area contributed by atoms with Crippen molar-refractivity contribution in [1.82, 2.24) is 9.55 Å². The lowest BCUT2D eigenvalue weighted by Gasteiger charge is -2.21. The highest BCUT2D eigenvalue weighted by Gasteiger charge is 2.42. The van der Waals surface area contributed by atoms with Crippen molar-refractivity contribution in [3.8, 4) is 0 Å². The van der Waals surface area contributed by atoms with Gasteiger partial charge in [0.1, 0.15) is 0 Å². The molecule has 1 aromatic heterocycles. The number of aromatic nitrogens is 2. The first kappa shape index (κ1) is 13.6. The van der Waals surface area contributed by atoms with Crippen molar-refractivity contribution < 1.29 is 4.79 Å². The summed E-state index contributed by atoms with van der Waals surface area (Å²) in [6.45, 7) is 0.776. The number of nitrogens with one attached hydrogen (secondary N) is 1. The van der Waals surface area contributed by atoms with Crippen LogP contribution >= 0.6 is 0 Å². The van der Waals surface area contributed by atoms with Crippen LogP contribution in [0.3, 0.4) is 0 Å². The highest BCUT2D eigenvalue weighted by Crippen LogP contribution is 2.48. The molecule has 2 aliphatic carbocycles. The van der Waals surface area contributed by atoms with E-state index in [1.54, 1.807) is 12.5 Å². The minimum atomic E-state index is 0.215. The second-order valence-electron chi connectivity index (χ2n) is 6.71. The summed E-state index contributed by atoms with van der Waals surface area (Å²) in [7, 11) is 0. The maximum Gasteiger partial charge on any atom is 0.227 e. The highest BCUT2D eigenvalue weighted by atomic mass is 16.1. The predicted octanol–water partition coefficient (Wildman–Crippen LogP) is 3.31. The number of carbonyl (C=O) groups excluding carboxylic acids is 1. The summed E-state index contributed by atoms with van der Waals surface area (Å²) in [6.07, 6.45) is 10.4. The molecule has 2 aromatic rings. The molecule has 1 N–H and O–H groups in total. The van der Waals surface area contributed by atoms with Gasteiger partial charge in [0, 0.05) is 30.5 Å². The van der Waals surface area contributed by atoms with E-state index in [0.29, 0.717) is 5.92 Å². The van der Waals surface area contributed by atoms with Crippen molar-refractivity contribution in [3.05, 3.63) is 48.5 Å². The fourth-order valence-electron chi connectivity index (χ4n) is 4.14. The third-order valence-electron chi connectivity index (χ3n) is 5.19. The third-order valence-corrected chi connectivity index (χ3v) is 5.19. The van der Waals surface area contributed by atoms with Crippen LogP contribution in [0.4, 0.5) is 5.69 Å². The quantitative estimate of drug-likeness (QED) is 0.940. The number of hydrogen-bond acceptors (Lipinski definition) is 2. The van der Waals surface area contributed by atoms with Gasteiger partial charge in [-0.2, -0.15) is 0 Å². The standard InChI is InChI=1S/C18H21N3O/c22-18(17-10-13-4-5-15(17)8-13)20-16-3-1-2-14(9-16)11-21-7-6-19-12-21/h1-3,6-7,9,12-13,15,17H,4-5,8,10-11H2,(H,20,22)/t13-,15-,17+/m0/s1. The van der Waals surface area contributed by atoms with E-state index in [1.165, 1.54) is 24.8 Å². The maximum absolute atomic E-state index is 12.5. The lowest BCUT2D eigenvalue weighted by Crippen LogP contribution is -2.27. The van der Waals surface area contributed by atoms with Crippen LogP contribution in [0, 0.1) is 17.8 Å². The lowest BCUT2D eigenvalue weighted by atomic mass is 9.88. The van der Waals surface area contributed by atoms with E-state index in [9.17, 15) is 4.79 Å². The van der Waals surface area contributed by atoms with Gasteiger partial charge < -0.3 is 9.88 Å². The summed E-state index contributed by atoms with van der Waals surface area (Å²) < 4.78 is 2.02. The average Bonchev–Trinajstić information content (AvgIpc) is 3.25. The van der Waals surface area contributed by atoms with Crippen molar-refractivity contribution in [3.63, 3.8) is 0 Å². The second-order valence-corrected chi connectivity index (χ2v) is 6.71. The van der Waals surface area contributed by atoms with Gasteiger partial charge in [-0.25, -0.2) is 4.98 Å². The first-order valence-corrected chi connectivity index (χ1v) is 8.13. The lowest BCUT2D eigenvalue weighted by molar-refractivity contribution is -0.121. The number of amides is 1. The molecular formula is C18H21N3O. The molecule has 0 aliphatic heterocycles. The Morgan fingerprint density at radius 1 is 1.32 bits per heavy atom. The van der Waals surface area contributed by atoms with Crippen LogP contribution in [0.5, 0.6) is 0 Å². The largest absolute Gasteiger partial charge is 0.333 e. The van der Waals surface area contributed by atoms with Crippen LogP contribution in [0.1, 0.15) is 31.2 Å². The SMILES string of the molecule is O=C(Nc1cccc(Cn2ccnc2)c1)[C@@H]1C[C@H]2CC[C@H]1C2. The molecule has 1 aromatic carbocycles. The summed E-state index contributed by atoms with van der Waals surface area (Å²) in [5, 5.41) is 3.12. The van der Waals surface area contributed by atoms with E-state index in [1.807, 2.05) is 22.9 Å². The Balaban J connectivity index is 1.43. The number of anilines is 1. The molecule has 2 saturated carbocycles. The summed E-state index contributed by atoms with van der Waals surface area (Å²) >= 11 is 0. The van der Waals surface area contributed by atoms with Gasteiger partial charge in [-0.1, -0.05) is 18.6 Å². The van der Waals surface area contributed by atoms with Crippen LogP contribution in [-0.2, 0) is 11.3 Å². The van der Waals surface area contributed by atoms with Gasteiger partial charge >= 0.3 is 0 Å². The Hall–Kier alpha value is -2.10. The van der Waals surface area contributed by atoms with Gasteiger partial charge in [0.25, 0.3) is 0 Å². The van der Waals surface area contributed by atoms with Crippen LogP contribution in [0.2, 0.25) is 0 Å². The molecule has 4 heteroatoms. The van der Waals surface area contributed by atoms with E-state index < -0.39 is 0 Å². The molecule has 0 radical (unpaired) electrons. The van der Waals surface area contributed by atoms with E-state index in [4.69, 9.17) is 0 Å². The Labute approximate surface area is 130 Å². The fraction of sp³-hybridized carbons (Fsp3) is 0.444. The first-order chi connectivity index (χ1) is 10.8. The van der Waals surface area contributed by atoms with Crippen molar-refractivity contribution in [2.75, 3.05) is 5.32 Å². The van der Waals surface area contributed by atoms with Crippen molar-refractivity contribution >= 4 is 11.6 Å². The number of imidazole rings is 1. The number of benzene rings is 1. The van der Waals surface area contributed by atoms with Gasteiger partial charge in [-0.05, 0) is 48.8 Å². The van der Waals surface area contributed by atoms with Gasteiger partial charge in [0.2, 0.25) is 5.91 Å². The molecule has 22 heavy (non-hydrogen) atoms. The van der Waals surface area contributed by atoms with Gasteiger partial charge in [0.15, 0.2) is 0 Å². The fourth-order valence-corrected chi connectivity index (χ4v) is 4.14. The van der Waals surface area contributed by atoms with Crippen LogP contribution in [0.15, 0.2) is 43.0 Å². The highest BCUT2D eigenvalue weighted by molar-refractivity contribution is 5.93. The number of nitrogens with zero attached hydrogens (tertiary/aromatic N) is 2. The second kappa shape index (κ2) is 5.59. The summed E-state index contributed by atoms with van der Waals surface area (Å²) in [5.74, 6) is 1.87. The first-order valence-electron chi connectivity index (χ1n) is 8.13. The van der Waals surface area contributed by atoms with E-state index in [0.717, 1.165) is 24.6 Å². The van der Waals surface area contributed by atoms with Crippen LogP contribution in [-0.4, -0.2) is 15.5 Å². The van der Waals surface area contributed by atoms with Crippen LogP contribution < -0.4 is 5.32 Å². The maximum atomic E-state index is 12.5. The van der Waals surface area contributed by atoms with Gasteiger partial charge in [0.05, 0.1) is 6.33 Å². The zero-order valence-corrected chi connectivity index (χ0v) is 12.6.